The van der Waals surface area contributed by atoms with Gasteiger partial charge < -0.3 is 15.2 Å². The van der Waals surface area contributed by atoms with Crippen LogP contribution in [-0.2, 0) is 11.2 Å². The van der Waals surface area contributed by atoms with Crippen LogP contribution in [0.3, 0.4) is 0 Å². The van der Waals surface area contributed by atoms with Crippen LogP contribution in [0.4, 0.5) is 0 Å². The largest absolute Gasteiger partial charge is 0.493 e. The zero-order chi connectivity index (χ0) is 12.3. The van der Waals surface area contributed by atoms with Gasteiger partial charge in [0.25, 0.3) is 0 Å². The predicted molar refractivity (Wildman–Crippen MR) is 64.3 cm³/mol. The van der Waals surface area contributed by atoms with Crippen LogP contribution in [-0.4, -0.2) is 24.2 Å². The molecule has 4 nitrogen and oxygen atoms in total. The number of hydrogen-bond acceptors (Lipinski definition) is 3. The first-order valence-corrected chi connectivity index (χ1v) is 5.91. The Labute approximate surface area is 101 Å². The topological polar surface area (TPSA) is 58.6 Å². The van der Waals surface area contributed by atoms with E-state index in [9.17, 15) is 4.79 Å². The molecule has 2 N–H and O–H groups in total. The lowest BCUT2D eigenvalue weighted by Crippen LogP contribution is -2.23. The van der Waals surface area contributed by atoms with Gasteiger partial charge >= 0.3 is 5.97 Å². The molecule has 0 bridgehead atoms. The van der Waals surface area contributed by atoms with Gasteiger partial charge in [0.1, 0.15) is 5.75 Å². The highest BCUT2D eigenvalue weighted by Gasteiger charge is 2.18. The summed E-state index contributed by atoms with van der Waals surface area (Å²) in [6, 6.07) is 5.81. The molecule has 2 rings (SSSR count). The lowest BCUT2D eigenvalue weighted by atomic mass is 10.00. The Bertz CT molecular complexity index is 417. The van der Waals surface area contributed by atoms with Crippen LogP contribution in [0.5, 0.6) is 5.75 Å². The number of fused-ring (bicyclic) bond motifs is 1. The molecular formula is C13H17NO3. The van der Waals surface area contributed by atoms with Gasteiger partial charge in [0.15, 0.2) is 0 Å². The summed E-state index contributed by atoms with van der Waals surface area (Å²) in [6.07, 6.45) is 1.02. The molecule has 0 fully saturated rings. The fraction of sp³-hybridized carbons (Fsp3) is 0.462. The van der Waals surface area contributed by atoms with Gasteiger partial charge in [-0.1, -0.05) is 19.1 Å². The van der Waals surface area contributed by atoms with Crippen molar-refractivity contribution < 1.29 is 14.6 Å². The molecule has 0 amide bonds. The number of benzene rings is 1. The minimum absolute atomic E-state index is 0.105. The van der Waals surface area contributed by atoms with Crippen molar-refractivity contribution in [2.75, 3.05) is 13.2 Å². The quantitative estimate of drug-likeness (QED) is 0.816. The van der Waals surface area contributed by atoms with E-state index >= 15 is 0 Å². The summed E-state index contributed by atoms with van der Waals surface area (Å²) < 4.78 is 5.44. The van der Waals surface area contributed by atoms with Crippen molar-refractivity contribution in [3.05, 3.63) is 29.3 Å². The van der Waals surface area contributed by atoms with E-state index in [-0.39, 0.29) is 12.5 Å². The predicted octanol–water partition coefficient (Wildman–Crippen LogP) is 1.75. The molecule has 1 aromatic carbocycles. The number of carbonyl (C=O) groups is 1. The van der Waals surface area contributed by atoms with Gasteiger partial charge in [0.05, 0.1) is 13.0 Å². The molecule has 4 heteroatoms. The van der Waals surface area contributed by atoms with E-state index in [0.29, 0.717) is 0 Å². The Kier molecular flexibility index (Phi) is 3.64. The van der Waals surface area contributed by atoms with Gasteiger partial charge in [0, 0.05) is 12.5 Å². The van der Waals surface area contributed by atoms with Crippen molar-refractivity contribution in [3.63, 3.8) is 0 Å². The lowest BCUT2D eigenvalue weighted by molar-refractivity contribution is -0.137. The second-order valence-electron chi connectivity index (χ2n) is 4.17. The summed E-state index contributed by atoms with van der Waals surface area (Å²) in [4.78, 5) is 10.8. The van der Waals surface area contributed by atoms with Gasteiger partial charge in [-0.3, -0.25) is 4.79 Å². The molecule has 1 heterocycles. The van der Waals surface area contributed by atoms with Crippen LogP contribution in [0.1, 0.15) is 30.5 Å². The van der Waals surface area contributed by atoms with Crippen molar-refractivity contribution in [2.24, 2.45) is 0 Å². The number of carboxylic acid groups (broad SMARTS) is 1. The summed E-state index contributed by atoms with van der Waals surface area (Å²) in [6.45, 7) is 3.46. The molecule has 1 aromatic rings. The maximum atomic E-state index is 10.8. The molecule has 0 saturated carbocycles. The first-order chi connectivity index (χ1) is 8.20. The third-order valence-electron chi connectivity index (χ3n) is 2.95. The molecule has 0 aromatic heterocycles. The fourth-order valence-electron chi connectivity index (χ4n) is 2.15. The first kappa shape index (κ1) is 11.9. The number of carboxylic acids is 1. The van der Waals surface area contributed by atoms with E-state index in [1.807, 2.05) is 19.1 Å². The number of aliphatic carboxylic acids is 1. The lowest BCUT2D eigenvalue weighted by Gasteiger charge is -2.17. The molecule has 92 valence electrons. The van der Waals surface area contributed by atoms with Crippen LogP contribution in [0, 0.1) is 0 Å². The Balaban J connectivity index is 2.20. The van der Waals surface area contributed by atoms with Gasteiger partial charge in [-0.05, 0) is 23.7 Å². The number of hydrogen-bond donors (Lipinski definition) is 2. The van der Waals surface area contributed by atoms with E-state index in [1.54, 1.807) is 0 Å². The molecular weight excluding hydrogens is 218 g/mol. The second-order valence-corrected chi connectivity index (χ2v) is 4.17. The molecule has 17 heavy (non-hydrogen) atoms. The summed E-state index contributed by atoms with van der Waals surface area (Å²) in [7, 11) is 0. The van der Waals surface area contributed by atoms with E-state index in [0.717, 1.165) is 30.9 Å². The average molecular weight is 235 g/mol. The van der Waals surface area contributed by atoms with Gasteiger partial charge in [-0.2, -0.15) is 0 Å². The highest BCUT2D eigenvalue weighted by molar-refractivity contribution is 5.68. The maximum Gasteiger partial charge on any atom is 0.305 e. The molecule has 0 spiro atoms. The third kappa shape index (κ3) is 2.77. The van der Waals surface area contributed by atoms with E-state index in [2.05, 4.69) is 11.4 Å². The molecule has 0 saturated heterocycles. The SMILES string of the molecule is CCNC(CC(=O)O)c1ccc2c(c1)CCO2. The van der Waals surface area contributed by atoms with Crippen molar-refractivity contribution in [1.82, 2.24) is 5.32 Å². The maximum absolute atomic E-state index is 10.8. The van der Waals surface area contributed by atoms with Crippen LogP contribution >= 0.6 is 0 Å². The Morgan fingerprint density at radius 1 is 1.59 bits per heavy atom. The van der Waals surface area contributed by atoms with Crippen molar-refractivity contribution in [1.29, 1.82) is 0 Å². The van der Waals surface area contributed by atoms with Crippen LogP contribution in [0.2, 0.25) is 0 Å². The Morgan fingerprint density at radius 3 is 3.12 bits per heavy atom. The zero-order valence-corrected chi connectivity index (χ0v) is 9.90. The molecule has 1 atom stereocenters. The minimum atomic E-state index is -0.785. The van der Waals surface area contributed by atoms with E-state index in [1.165, 1.54) is 5.56 Å². The summed E-state index contributed by atoms with van der Waals surface area (Å²) >= 11 is 0. The summed E-state index contributed by atoms with van der Waals surface area (Å²) in [5.41, 5.74) is 2.20. The van der Waals surface area contributed by atoms with Crippen molar-refractivity contribution >= 4 is 5.97 Å². The number of rotatable bonds is 5. The third-order valence-corrected chi connectivity index (χ3v) is 2.95. The monoisotopic (exact) mass is 235 g/mol. The fourth-order valence-corrected chi connectivity index (χ4v) is 2.15. The highest BCUT2D eigenvalue weighted by atomic mass is 16.5. The standard InChI is InChI=1S/C13H17NO3/c1-2-14-11(8-13(15)16)9-3-4-12-10(7-9)5-6-17-12/h3-4,7,11,14H,2,5-6,8H2,1H3,(H,15,16). The van der Waals surface area contributed by atoms with Crippen LogP contribution in [0.25, 0.3) is 0 Å². The Hall–Kier alpha value is -1.55. The van der Waals surface area contributed by atoms with Gasteiger partial charge in [0.2, 0.25) is 0 Å². The van der Waals surface area contributed by atoms with Crippen LogP contribution in [0.15, 0.2) is 18.2 Å². The minimum Gasteiger partial charge on any atom is -0.493 e. The summed E-state index contributed by atoms with van der Waals surface area (Å²) in [5, 5.41) is 12.1. The number of nitrogens with one attached hydrogen (secondary N) is 1. The molecule has 1 aliphatic rings. The second kappa shape index (κ2) is 5.19. The Morgan fingerprint density at radius 2 is 2.41 bits per heavy atom. The number of ether oxygens (including phenoxy) is 1. The van der Waals surface area contributed by atoms with Crippen molar-refractivity contribution in [2.45, 2.75) is 25.8 Å². The average Bonchev–Trinajstić information content (AvgIpc) is 2.74. The van der Waals surface area contributed by atoms with Crippen molar-refractivity contribution in [3.8, 4) is 5.75 Å². The molecule has 0 aliphatic carbocycles. The van der Waals surface area contributed by atoms with Gasteiger partial charge in [-0.15, -0.1) is 0 Å². The van der Waals surface area contributed by atoms with E-state index < -0.39 is 5.97 Å². The summed E-state index contributed by atoms with van der Waals surface area (Å²) in [5.74, 6) is 0.145. The van der Waals surface area contributed by atoms with E-state index in [4.69, 9.17) is 9.84 Å². The normalized spacial score (nSPS) is 15.1. The molecule has 0 radical (unpaired) electrons. The first-order valence-electron chi connectivity index (χ1n) is 5.91. The van der Waals surface area contributed by atoms with Gasteiger partial charge in [-0.25, -0.2) is 0 Å². The molecule has 1 aliphatic heterocycles. The molecule has 1 unspecified atom stereocenters. The van der Waals surface area contributed by atoms with Crippen LogP contribution < -0.4 is 10.1 Å². The zero-order valence-electron chi connectivity index (χ0n) is 9.90. The highest BCUT2D eigenvalue weighted by Crippen LogP contribution is 2.29. The smallest absolute Gasteiger partial charge is 0.305 e.